The molecule has 1 amide bonds. The van der Waals surface area contributed by atoms with E-state index in [0.717, 1.165) is 27.9 Å². The molecule has 2 aromatic carbocycles. The highest BCUT2D eigenvalue weighted by atomic mass is 19.1. The molecule has 5 rings (SSSR count). The molecule has 0 spiro atoms. The number of fused-ring (bicyclic) bond motifs is 1. The Balaban J connectivity index is 1.46. The van der Waals surface area contributed by atoms with Gasteiger partial charge in [-0.3, -0.25) is 19.0 Å². The molecule has 0 bridgehead atoms. The van der Waals surface area contributed by atoms with Crippen molar-refractivity contribution in [2.75, 3.05) is 31.1 Å². The summed E-state index contributed by atoms with van der Waals surface area (Å²) in [7, 11) is 1.71. The van der Waals surface area contributed by atoms with Crippen LogP contribution in [0.2, 0.25) is 0 Å². The fourth-order valence-electron chi connectivity index (χ4n) is 5.31. The van der Waals surface area contributed by atoms with Crippen molar-refractivity contribution in [1.82, 2.24) is 24.2 Å². The van der Waals surface area contributed by atoms with Crippen molar-refractivity contribution in [3.8, 4) is 16.9 Å². The maximum Gasteiger partial charge on any atom is 0.274 e. The van der Waals surface area contributed by atoms with Crippen LogP contribution in [0, 0.1) is 6.92 Å². The molecule has 2 atom stereocenters. The Labute approximate surface area is 231 Å². The molecule has 10 nitrogen and oxygen atoms in total. The highest BCUT2D eigenvalue weighted by Crippen LogP contribution is 2.28. The fraction of sp³-hybridized carbons (Fsp3) is 0.379. The molecule has 2 aromatic heterocycles. The number of nitrogens with zero attached hydrogens (tertiary/aromatic N) is 6. The third-order valence-electron chi connectivity index (χ3n) is 7.39. The molecule has 1 unspecified atom stereocenters. The molecule has 1 saturated heterocycles. The number of rotatable bonds is 7. The van der Waals surface area contributed by atoms with Gasteiger partial charge in [0, 0.05) is 57.0 Å². The number of anilines is 1. The van der Waals surface area contributed by atoms with Gasteiger partial charge in [-0.05, 0) is 37.6 Å². The SMILES string of the molecule is Cc1nc(N2CCN(C(=O)CO)[C@H](C)C2)ncc1-c1ccc2c(=O)n(C)n(Cc3ccccc3OC(C)F)c2c1. The second-order valence-corrected chi connectivity index (χ2v) is 10.1. The minimum absolute atomic E-state index is 0.0714. The largest absolute Gasteiger partial charge is 0.460 e. The number of hydrogen-bond donors (Lipinski definition) is 1. The first-order valence-electron chi connectivity index (χ1n) is 13.3. The smallest absolute Gasteiger partial charge is 0.274 e. The number of carbonyl (C=O) groups is 1. The zero-order valence-corrected chi connectivity index (χ0v) is 23.0. The van der Waals surface area contributed by atoms with E-state index in [1.165, 1.54) is 6.92 Å². The van der Waals surface area contributed by atoms with E-state index >= 15 is 0 Å². The van der Waals surface area contributed by atoms with E-state index in [0.29, 0.717) is 43.3 Å². The minimum atomic E-state index is -1.46. The van der Waals surface area contributed by atoms with Crippen LogP contribution >= 0.6 is 0 Å². The molecule has 3 heterocycles. The van der Waals surface area contributed by atoms with Crippen LogP contribution in [0.3, 0.4) is 0 Å². The van der Waals surface area contributed by atoms with Crippen LogP contribution in [-0.2, 0) is 18.4 Å². The average molecular weight is 549 g/mol. The molecule has 11 heteroatoms. The molecule has 0 saturated carbocycles. The second kappa shape index (κ2) is 11.1. The lowest BCUT2D eigenvalue weighted by Gasteiger charge is -2.39. The number of benzene rings is 2. The monoisotopic (exact) mass is 548 g/mol. The number of halogens is 1. The van der Waals surface area contributed by atoms with Gasteiger partial charge < -0.3 is 19.6 Å². The summed E-state index contributed by atoms with van der Waals surface area (Å²) in [5, 5.41) is 9.78. The normalized spacial score (nSPS) is 16.4. The van der Waals surface area contributed by atoms with Gasteiger partial charge in [0.1, 0.15) is 12.4 Å². The molecular weight excluding hydrogens is 515 g/mol. The molecule has 1 N–H and O–H groups in total. The van der Waals surface area contributed by atoms with Gasteiger partial charge in [-0.1, -0.05) is 24.3 Å². The maximum absolute atomic E-state index is 13.6. The molecule has 0 radical (unpaired) electrons. The Bertz CT molecular complexity index is 1610. The quantitative estimate of drug-likeness (QED) is 0.379. The van der Waals surface area contributed by atoms with Gasteiger partial charge in [-0.15, -0.1) is 0 Å². The van der Waals surface area contributed by atoms with Crippen molar-refractivity contribution in [2.24, 2.45) is 7.05 Å². The zero-order chi connectivity index (χ0) is 28.6. The van der Waals surface area contributed by atoms with Crippen molar-refractivity contribution >= 4 is 22.8 Å². The number of para-hydroxylation sites is 1. The van der Waals surface area contributed by atoms with Crippen LogP contribution < -0.4 is 15.2 Å². The zero-order valence-electron chi connectivity index (χ0n) is 23.0. The number of ether oxygens (including phenoxy) is 1. The number of carbonyl (C=O) groups excluding carboxylic acids is 1. The molecule has 1 aliphatic rings. The van der Waals surface area contributed by atoms with Gasteiger partial charge in [-0.2, -0.15) is 0 Å². The predicted molar refractivity (Wildman–Crippen MR) is 150 cm³/mol. The van der Waals surface area contributed by atoms with E-state index in [2.05, 4.69) is 4.98 Å². The van der Waals surface area contributed by atoms with Crippen molar-refractivity contribution < 1.29 is 19.0 Å². The summed E-state index contributed by atoms with van der Waals surface area (Å²) in [6.07, 6.45) is 0.324. The molecule has 1 fully saturated rings. The Morgan fingerprint density at radius 1 is 1.23 bits per heavy atom. The van der Waals surface area contributed by atoms with E-state index in [9.17, 15) is 19.1 Å². The molecule has 210 valence electrons. The highest BCUT2D eigenvalue weighted by Gasteiger charge is 2.28. The number of alkyl halides is 1. The van der Waals surface area contributed by atoms with Crippen molar-refractivity contribution in [3.05, 3.63) is 70.3 Å². The first-order valence-corrected chi connectivity index (χ1v) is 13.3. The minimum Gasteiger partial charge on any atom is -0.460 e. The van der Waals surface area contributed by atoms with Crippen LogP contribution in [0.1, 0.15) is 25.1 Å². The predicted octanol–water partition coefficient (Wildman–Crippen LogP) is 2.88. The number of aliphatic hydroxyl groups excluding tert-OH is 1. The molecule has 40 heavy (non-hydrogen) atoms. The highest BCUT2D eigenvalue weighted by molar-refractivity contribution is 5.85. The van der Waals surface area contributed by atoms with Gasteiger partial charge in [0.05, 0.1) is 23.1 Å². The Morgan fingerprint density at radius 2 is 2.00 bits per heavy atom. The lowest BCUT2D eigenvalue weighted by molar-refractivity contribution is -0.136. The number of piperazine rings is 1. The lowest BCUT2D eigenvalue weighted by Crippen LogP contribution is -2.55. The topological polar surface area (TPSA) is 106 Å². The number of hydrogen-bond acceptors (Lipinski definition) is 7. The van der Waals surface area contributed by atoms with Crippen molar-refractivity contribution in [2.45, 2.75) is 39.7 Å². The second-order valence-electron chi connectivity index (χ2n) is 10.1. The van der Waals surface area contributed by atoms with Crippen molar-refractivity contribution in [1.29, 1.82) is 0 Å². The van der Waals surface area contributed by atoms with E-state index < -0.39 is 13.0 Å². The molecular formula is C29H33FN6O4. The van der Waals surface area contributed by atoms with E-state index in [1.54, 1.807) is 35.0 Å². The standard InChI is InChI=1S/C29H33FN6O4/c1-18-15-34(11-12-35(18)27(38)17-37)29-31-14-24(19(2)32-29)21-9-10-23-25(13-21)36(33(4)28(23)39)16-22-7-5-6-8-26(22)40-20(3)30/h5-10,13-14,18,20,37H,11-12,15-17H2,1-4H3/t18-,20?/m1/s1. The van der Waals surface area contributed by atoms with Crippen LogP contribution in [0.25, 0.3) is 22.0 Å². The lowest BCUT2D eigenvalue weighted by atomic mass is 10.0. The molecule has 1 aliphatic heterocycles. The summed E-state index contributed by atoms with van der Waals surface area (Å²) in [5.41, 5.74) is 3.84. The first kappa shape index (κ1) is 27.3. The summed E-state index contributed by atoms with van der Waals surface area (Å²) >= 11 is 0. The fourth-order valence-corrected chi connectivity index (χ4v) is 5.31. The summed E-state index contributed by atoms with van der Waals surface area (Å²) in [5.74, 6) is 0.738. The molecule has 0 aliphatic carbocycles. The average Bonchev–Trinajstić information content (AvgIpc) is 3.17. The Hall–Kier alpha value is -4.25. The van der Waals surface area contributed by atoms with Gasteiger partial charge >= 0.3 is 0 Å². The van der Waals surface area contributed by atoms with E-state index in [1.807, 2.05) is 53.8 Å². The molecule has 4 aromatic rings. The number of aromatic nitrogens is 4. The first-order chi connectivity index (χ1) is 19.2. The summed E-state index contributed by atoms with van der Waals surface area (Å²) in [4.78, 5) is 38.1. The summed E-state index contributed by atoms with van der Waals surface area (Å²) < 4.78 is 22.4. The van der Waals surface area contributed by atoms with Gasteiger partial charge in [0.2, 0.25) is 18.2 Å². The van der Waals surface area contributed by atoms with E-state index in [-0.39, 0.29) is 17.5 Å². The third kappa shape index (κ3) is 5.16. The number of aliphatic hydroxyl groups is 1. The van der Waals surface area contributed by atoms with Gasteiger partial charge in [0.15, 0.2) is 0 Å². The van der Waals surface area contributed by atoms with Crippen LogP contribution in [0.15, 0.2) is 53.5 Å². The van der Waals surface area contributed by atoms with Gasteiger partial charge in [-0.25, -0.2) is 14.4 Å². The van der Waals surface area contributed by atoms with Gasteiger partial charge in [0.25, 0.3) is 5.56 Å². The number of amides is 1. The number of aryl methyl sites for hydroxylation is 1. The maximum atomic E-state index is 13.6. The summed E-state index contributed by atoms with van der Waals surface area (Å²) in [6.45, 7) is 6.65. The van der Waals surface area contributed by atoms with Crippen molar-refractivity contribution in [3.63, 3.8) is 0 Å². The summed E-state index contributed by atoms with van der Waals surface area (Å²) in [6, 6.07) is 12.8. The Morgan fingerprint density at radius 3 is 2.70 bits per heavy atom. The van der Waals surface area contributed by atoms with E-state index in [4.69, 9.17) is 9.72 Å². The van der Waals surface area contributed by atoms with Crippen LogP contribution in [-0.4, -0.2) is 73.9 Å². The Kier molecular flexibility index (Phi) is 7.57. The van der Waals surface area contributed by atoms with Crippen LogP contribution in [0.5, 0.6) is 5.75 Å². The van der Waals surface area contributed by atoms with Crippen LogP contribution in [0.4, 0.5) is 10.3 Å². The third-order valence-corrected chi connectivity index (χ3v) is 7.39.